The van der Waals surface area contributed by atoms with E-state index in [1.165, 1.54) is 6.07 Å². The summed E-state index contributed by atoms with van der Waals surface area (Å²) in [5.74, 6) is 0.0283. The van der Waals surface area contributed by atoms with E-state index in [1.54, 1.807) is 31.2 Å². The molecular formula is C23H14O5. The number of aryl methyl sites for hydroxylation is 1. The van der Waals surface area contributed by atoms with Crippen molar-refractivity contribution in [2.75, 3.05) is 0 Å². The predicted molar refractivity (Wildman–Crippen MR) is 101 cm³/mol. The Kier molecular flexibility index (Phi) is 3.39. The molecule has 0 aromatic heterocycles. The van der Waals surface area contributed by atoms with Crippen LogP contribution in [-0.2, 0) is 9.59 Å². The summed E-state index contributed by atoms with van der Waals surface area (Å²) in [6.45, 7) is 1.76. The second kappa shape index (κ2) is 5.82. The van der Waals surface area contributed by atoms with Gasteiger partial charge in [-0.3, -0.25) is 0 Å². The van der Waals surface area contributed by atoms with E-state index in [1.807, 2.05) is 30.3 Å². The molecule has 28 heavy (non-hydrogen) atoms. The number of esters is 2. The molecule has 0 aliphatic carbocycles. The summed E-state index contributed by atoms with van der Waals surface area (Å²) in [5.41, 5.74) is 2.86. The first-order valence-corrected chi connectivity index (χ1v) is 8.75. The summed E-state index contributed by atoms with van der Waals surface area (Å²) in [4.78, 5) is 25.0. The summed E-state index contributed by atoms with van der Waals surface area (Å²) < 4.78 is 10.9. The topological polar surface area (TPSA) is 72.8 Å². The first kappa shape index (κ1) is 16.3. The zero-order valence-corrected chi connectivity index (χ0v) is 14.9. The van der Waals surface area contributed by atoms with Gasteiger partial charge in [0.15, 0.2) is 0 Å². The first-order valence-electron chi connectivity index (χ1n) is 8.75. The maximum absolute atomic E-state index is 12.5. The summed E-state index contributed by atoms with van der Waals surface area (Å²) in [5, 5.41) is 10.9. The van der Waals surface area contributed by atoms with Crippen molar-refractivity contribution in [3.8, 4) is 17.2 Å². The second-order valence-electron chi connectivity index (χ2n) is 6.74. The molecule has 3 aromatic rings. The van der Waals surface area contributed by atoms with Gasteiger partial charge in [0.2, 0.25) is 0 Å². The summed E-state index contributed by atoms with van der Waals surface area (Å²) >= 11 is 0. The number of aromatic hydroxyl groups is 1. The molecule has 0 saturated heterocycles. The molecule has 2 aliphatic heterocycles. The summed E-state index contributed by atoms with van der Waals surface area (Å²) in [6, 6.07) is 17.5. The standard InChI is InChI=1S/C23H14O5/c1-12-9-14(7-8-17(12)24)21-16-11-18-15(10-19(16)28-23(21)26)20(22(25)27-18)13-5-3-2-4-6-13/h2-11,24H,1H3. The van der Waals surface area contributed by atoms with E-state index in [0.717, 1.165) is 5.56 Å². The van der Waals surface area contributed by atoms with Crippen LogP contribution in [0.25, 0.3) is 11.1 Å². The maximum Gasteiger partial charge on any atom is 0.344 e. The van der Waals surface area contributed by atoms with Crippen LogP contribution in [0, 0.1) is 6.92 Å². The molecule has 0 fully saturated rings. The Bertz CT molecular complexity index is 1300. The zero-order chi connectivity index (χ0) is 19.4. The highest BCUT2D eigenvalue weighted by Gasteiger charge is 2.30. The minimum Gasteiger partial charge on any atom is -0.508 e. The van der Waals surface area contributed by atoms with Crippen LogP contribution < -0.4 is 19.9 Å². The van der Waals surface area contributed by atoms with Gasteiger partial charge in [-0.25, -0.2) is 9.59 Å². The fourth-order valence-corrected chi connectivity index (χ4v) is 3.60. The van der Waals surface area contributed by atoms with Gasteiger partial charge in [0.25, 0.3) is 0 Å². The third kappa shape index (κ3) is 2.33. The van der Waals surface area contributed by atoms with E-state index in [-0.39, 0.29) is 5.75 Å². The van der Waals surface area contributed by atoms with Crippen LogP contribution in [0.15, 0.2) is 60.7 Å². The number of benzene rings is 3. The van der Waals surface area contributed by atoms with Gasteiger partial charge in [0.05, 0.1) is 11.1 Å². The lowest BCUT2D eigenvalue weighted by molar-refractivity contribution is -0.128. The molecule has 0 unspecified atom stereocenters. The Morgan fingerprint density at radius 2 is 1.29 bits per heavy atom. The number of carbonyl (C=O) groups is 2. The van der Waals surface area contributed by atoms with Crippen molar-refractivity contribution in [3.63, 3.8) is 0 Å². The first-order chi connectivity index (χ1) is 13.5. The van der Waals surface area contributed by atoms with Crippen molar-refractivity contribution in [2.24, 2.45) is 0 Å². The van der Waals surface area contributed by atoms with Crippen molar-refractivity contribution in [1.82, 2.24) is 0 Å². The summed E-state index contributed by atoms with van der Waals surface area (Å²) in [6.07, 6.45) is 0. The minimum atomic E-state index is -0.476. The van der Waals surface area contributed by atoms with Crippen LogP contribution >= 0.6 is 0 Å². The molecular weight excluding hydrogens is 356 g/mol. The second-order valence-corrected chi connectivity index (χ2v) is 6.74. The molecule has 2 heterocycles. The van der Waals surface area contributed by atoms with Crippen molar-refractivity contribution >= 4 is 23.1 Å². The third-order valence-electron chi connectivity index (χ3n) is 4.98. The SMILES string of the molecule is Cc1cc(C2=c3cc4c(cc3OC2=O)=C(c2ccccc2)C(=O)O4)ccc1O. The van der Waals surface area contributed by atoms with Gasteiger partial charge in [-0.1, -0.05) is 36.4 Å². The zero-order valence-electron chi connectivity index (χ0n) is 14.9. The monoisotopic (exact) mass is 370 g/mol. The maximum atomic E-state index is 12.5. The van der Waals surface area contributed by atoms with Crippen molar-refractivity contribution in [3.05, 3.63) is 87.8 Å². The molecule has 2 aliphatic rings. The van der Waals surface area contributed by atoms with E-state index in [9.17, 15) is 14.7 Å². The molecule has 1 N–H and O–H groups in total. The highest BCUT2D eigenvalue weighted by Crippen LogP contribution is 2.28. The fourth-order valence-electron chi connectivity index (χ4n) is 3.60. The van der Waals surface area contributed by atoms with E-state index >= 15 is 0 Å². The molecule has 0 saturated carbocycles. The molecule has 136 valence electrons. The van der Waals surface area contributed by atoms with Gasteiger partial charge >= 0.3 is 11.9 Å². The smallest absolute Gasteiger partial charge is 0.344 e. The molecule has 3 aromatic carbocycles. The number of hydrogen-bond donors (Lipinski definition) is 1. The highest BCUT2D eigenvalue weighted by atomic mass is 16.5. The van der Waals surface area contributed by atoms with Crippen molar-refractivity contribution in [1.29, 1.82) is 0 Å². The lowest BCUT2D eigenvalue weighted by atomic mass is 10.00. The largest absolute Gasteiger partial charge is 0.508 e. The van der Waals surface area contributed by atoms with Gasteiger partial charge in [-0.05, 0) is 47.9 Å². The molecule has 0 radical (unpaired) electrons. The van der Waals surface area contributed by atoms with Gasteiger partial charge in [0.1, 0.15) is 17.2 Å². The number of rotatable bonds is 2. The Labute approximate surface area is 159 Å². The molecule has 5 rings (SSSR count). The van der Waals surface area contributed by atoms with Crippen LogP contribution in [0.1, 0.15) is 16.7 Å². The third-order valence-corrected chi connectivity index (χ3v) is 4.98. The van der Waals surface area contributed by atoms with E-state index < -0.39 is 11.9 Å². The average Bonchev–Trinajstić information content (AvgIpc) is 3.17. The summed E-state index contributed by atoms with van der Waals surface area (Å²) in [7, 11) is 0. The van der Waals surface area contributed by atoms with E-state index in [4.69, 9.17) is 9.47 Å². The van der Waals surface area contributed by atoms with Crippen LogP contribution in [0.3, 0.4) is 0 Å². The number of phenolic OH excluding ortho intramolecular Hbond substituents is 1. The van der Waals surface area contributed by atoms with Crippen molar-refractivity contribution in [2.45, 2.75) is 6.92 Å². The molecule has 5 nitrogen and oxygen atoms in total. The van der Waals surface area contributed by atoms with E-state index in [2.05, 4.69) is 0 Å². The molecule has 0 amide bonds. The van der Waals surface area contributed by atoms with Crippen LogP contribution in [-0.4, -0.2) is 17.0 Å². The number of carbonyl (C=O) groups excluding carboxylic acids is 2. The van der Waals surface area contributed by atoms with Crippen LogP contribution in [0.2, 0.25) is 0 Å². The van der Waals surface area contributed by atoms with Crippen LogP contribution in [0.5, 0.6) is 17.2 Å². The van der Waals surface area contributed by atoms with Gasteiger partial charge < -0.3 is 14.6 Å². The molecule has 0 bridgehead atoms. The Morgan fingerprint density at radius 3 is 1.86 bits per heavy atom. The molecule has 0 atom stereocenters. The van der Waals surface area contributed by atoms with Gasteiger partial charge in [-0.15, -0.1) is 0 Å². The predicted octanol–water partition coefficient (Wildman–Crippen LogP) is 1.94. The normalized spacial score (nSPS) is 14.6. The van der Waals surface area contributed by atoms with E-state index in [0.29, 0.717) is 44.2 Å². The lowest BCUT2D eigenvalue weighted by Crippen LogP contribution is -2.11. The van der Waals surface area contributed by atoms with Gasteiger partial charge in [0, 0.05) is 10.4 Å². The minimum absolute atomic E-state index is 0.154. The Balaban J connectivity index is 1.78. The molecule has 0 spiro atoms. The number of phenols is 1. The Morgan fingerprint density at radius 1 is 0.714 bits per heavy atom. The quantitative estimate of drug-likeness (QED) is 0.551. The van der Waals surface area contributed by atoms with Crippen molar-refractivity contribution < 1.29 is 24.2 Å². The fraction of sp³-hybridized carbons (Fsp3) is 0.0435. The molecule has 5 heteroatoms. The van der Waals surface area contributed by atoms with Crippen LogP contribution in [0.4, 0.5) is 0 Å². The number of fused-ring (bicyclic) bond motifs is 2. The Hall–Kier alpha value is -3.86. The lowest BCUT2D eigenvalue weighted by Gasteiger charge is -2.03. The number of ether oxygens (including phenoxy) is 2. The van der Waals surface area contributed by atoms with Gasteiger partial charge in [-0.2, -0.15) is 0 Å². The highest BCUT2D eigenvalue weighted by molar-refractivity contribution is 6.21. The number of hydrogen-bond acceptors (Lipinski definition) is 5. The average molecular weight is 370 g/mol.